The molecule has 24 heavy (non-hydrogen) atoms. The van der Waals surface area contributed by atoms with Crippen LogP contribution in [0.4, 0.5) is 0 Å². The summed E-state index contributed by atoms with van der Waals surface area (Å²) < 4.78 is 32.0. The number of allylic oxidation sites excluding steroid dienone is 1. The van der Waals surface area contributed by atoms with E-state index in [0.717, 1.165) is 5.56 Å². The van der Waals surface area contributed by atoms with Gasteiger partial charge in [-0.3, -0.25) is 4.57 Å². The maximum atomic E-state index is 12.6. The highest BCUT2D eigenvalue weighted by Crippen LogP contribution is 2.22. The third kappa shape index (κ3) is 3.13. The third-order valence-corrected chi connectivity index (χ3v) is 4.98. The van der Waals surface area contributed by atoms with Gasteiger partial charge in [-0.25, -0.2) is 8.42 Å². The Morgan fingerprint density at radius 1 is 1.25 bits per heavy atom. The molecule has 7 nitrogen and oxygen atoms in total. The number of sulfone groups is 1. The van der Waals surface area contributed by atoms with Crippen LogP contribution in [0.3, 0.4) is 0 Å². The molecule has 3 aromatic rings. The fourth-order valence-corrected chi connectivity index (χ4v) is 3.67. The maximum absolute atomic E-state index is 12.6. The van der Waals surface area contributed by atoms with E-state index in [1.807, 2.05) is 30.3 Å². The minimum absolute atomic E-state index is 0.0934. The molecule has 0 amide bonds. The first kappa shape index (κ1) is 16.1. The zero-order valence-electron chi connectivity index (χ0n) is 13.1. The first-order valence-electron chi connectivity index (χ1n) is 7.26. The van der Waals surface area contributed by atoms with E-state index in [1.54, 1.807) is 19.1 Å². The highest BCUT2D eigenvalue weighted by atomic mass is 32.2. The second kappa shape index (κ2) is 6.40. The smallest absolute Gasteiger partial charge is 0.250 e. The molecule has 2 heterocycles. The van der Waals surface area contributed by atoms with E-state index < -0.39 is 9.84 Å². The number of hydrogen-bond donors (Lipinski definition) is 0. The van der Waals surface area contributed by atoms with Crippen LogP contribution >= 0.6 is 0 Å². The first-order valence-corrected chi connectivity index (χ1v) is 8.91. The summed E-state index contributed by atoms with van der Waals surface area (Å²) in [6.07, 6.45) is 1.60. The number of nitrogens with zero attached hydrogens (tertiary/aromatic N) is 4. The standard InChI is InChI=1S/C16H16N4O3S/c1-3-9-20-12(2)17-18-16(20)24(21,22)11-14-10-15(23-19-14)13-7-5-4-6-8-13/h3-8,10H,1,9,11H2,2H3. The van der Waals surface area contributed by atoms with Gasteiger partial charge in [-0.15, -0.1) is 16.8 Å². The van der Waals surface area contributed by atoms with Crippen LogP contribution in [0.25, 0.3) is 11.3 Å². The van der Waals surface area contributed by atoms with Gasteiger partial charge in [-0.05, 0) is 6.92 Å². The van der Waals surface area contributed by atoms with Gasteiger partial charge in [0.15, 0.2) is 5.76 Å². The van der Waals surface area contributed by atoms with Gasteiger partial charge >= 0.3 is 0 Å². The van der Waals surface area contributed by atoms with Crippen molar-refractivity contribution in [2.45, 2.75) is 24.4 Å². The van der Waals surface area contributed by atoms with Crippen LogP contribution in [-0.4, -0.2) is 28.3 Å². The van der Waals surface area contributed by atoms with Gasteiger partial charge in [-0.1, -0.05) is 41.6 Å². The van der Waals surface area contributed by atoms with Gasteiger partial charge in [0, 0.05) is 18.2 Å². The zero-order valence-corrected chi connectivity index (χ0v) is 13.9. The summed E-state index contributed by atoms with van der Waals surface area (Å²) >= 11 is 0. The largest absolute Gasteiger partial charge is 0.356 e. The lowest BCUT2D eigenvalue weighted by Crippen LogP contribution is -2.13. The lowest BCUT2D eigenvalue weighted by atomic mass is 10.2. The number of aryl methyl sites for hydroxylation is 1. The van der Waals surface area contributed by atoms with E-state index in [0.29, 0.717) is 23.8 Å². The average Bonchev–Trinajstić information content (AvgIpc) is 3.16. The second-order valence-corrected chi connectivity index (χ2v) is 7.12. The monoisotopic (exact) mass is 344 g/mol. The Kier molecular flexibility index (Phi) is 4.30. The Hall–Kier alpha value is -2.74. The molecule has 0 fully saturated rings. The van der Waals surface area contributed by atoms with E-state index in [-0.39, 0.29) is 10.9 Å². The Balaban J connectivity index is 1.88. The third-order valence-electron chi connectivity index (χ3n) is 3.45. The van der Waals surface area contributed by atoms with E-state index in [9.17, 15) is 8.42 Å². The number of benzene rings is 1. The minimum Gasteiger partial charge on any atom is -0.356 e. The average molecular weight is 344 g/mol. The van der Waals surface area contributed by atoms with Crippen molar-refractivity contribution >= 4 is 9.84 Å². The van der Waals surface area contributed by atoms with Crippen LogP contribution < -0.4 is 0 Å². The van der Waals surface area contributed by atoms with Crippen LogP contribution in [0.2, 0.25) is 0 Å². The van der Waals surface area contributed by atoms with E-state index in [1.165, 1.54) is 4.57 Å². The molecule has 0 aliphatic carbocycles. The zero-order chi connectivity index (χ0) is 17.2. The van der Waals surface area contributed by atoms with Gasteiger partial charge in [0.1, 0.15) is 11.6 Å². The predicted molar refractivity (Wildman–Crippen MR) is 87.8 cm³/mol. The lowest BCUT2D eigenvalue weighted by molar-refractivity contribution is 0.425. The fourth-order valence-electron chi connectivity index (χ4n) is 2.31. The van der Waals surface area contributed by atoms with Gasteiger partial charge < -0.3 is 4.52 Å². The van der Waals surface area contributed by atoms with Crippen LogP contribution in [0.15, 0.2) is 58.7 Å². The van der Waals surface area contributed by atoms with E-state index in [4.69, 9.17) is 4.52 Å². The second-order valence-electron chi connectivity index (χ2n) is 5.24. The van der Waals surface area contributed by atoms with Crippen molar-refractivity contribution in [3.63, 3.8) is 0 Å². The Morgan fingerprint density at radius 3 is 2.71 bits per heavy atom. The SMILES string of the molecule is C=CCn1c(C)nnc1S(=O)(=O)Cc1cc(-c2ccccc2)on1. The van der Waals surface area contributed by atoms with Gasteiger partial charge in [0.05, 0.1) is 5.69 Å². The van der Waals surface area contributed by atoms with Gasteiger partial charge in [0.2, 0.25) is 15.0 Å². The molecule has 0 N–H and O–H groups in total. The molecule has 0 aliphatic rings. The van der Waals surface area contributed by atoms with Crippen molar-refractivity contribution in [3.8, 4) is 11.3 Å². The molecule has 3 rings (SSSR count). The molecule has 1 aromatic carbocycles. The Bertz CT molecular complexity index is 958. The topological polar surface area (TPSA) is 90.9 Å². The van der Waals surface area contributed by atoms with E-state index in [2.05, 4.69) is 21.9 Å². The molecule has 0 saturated carbocycles. The summed E-state index contributed by atoms with van der Waals surface area (Å²) in [5, 5.41) is 11.4. The lowest BCUT2D eigenvalue weighted by Gasteiger charge is -2.05. The molecule has 0 atom stereocenters. The Labute approximate surface area is 139 Å². The summed E-state index contributed by atoms with van der Waals surface area (Å²) in [6, 6.07) is 11.0. The van der Waals surface area contributed by atoms with Crippen molar-refractivity contribution in [3.05, 3.63) is 60.6 Å². The van der Waals surface area contributed by atoms with Crippen molar-refractivity contribution in [1.82, 2.24) is 19.9 Å². The van der Waals surface area contributed by atoms with Crippen molar-refractivity contribution in [2.75, 3.05) is 0 Å². The molecule has 8 heteroatoms. The normalized spacial score (nSPS) is 11.5. The number of aromatic nitrogens is 4. The van der Waals surface area contributed by atoms with Crippen LogP contribution in [0.1, 0.15) is 11.5 Å². The van der Waals surface area contributed by atoms with Crippen LogP contribution in [0.5, 0.6) is 0 Å². The first-order chi connectivity index (χ1) is 11.5. The molecule has 0 saturated heterocycles. The Morgan fingerprint density at radius 2 is 2.00 bits per heavy atom. The maximum Gasteiger partial charge on any atom is 0.250 e. The molecule has 0 spiro atoms. The van der Waals surface area contributed by atoms with Crippen LogP contribution in [-0.2, 0) is 22.1 Å². The number of rotatable bonds is 6. The van der Waals surface area contributed by atoms with Crippen molar-refractivity contribution < 1.29 is 12.9 Å². The van der Waals surface area contributed by atoms with E-state index >= 15 is 0 Å². The summed E-state index contributed by atoms with van der Waals surface area (Å²) in [5.74, 6) is 0.724. The van der Waals surface area contributed by atoms with Gasteiger partial charge in [-0.2, -0.15) is 0 Å². The van der Waals surface area contributed by atoms with Crippen molar-refractivity contribution in [2.24, 2.45) is 0 Å². The fraction of sp³-hybridized carbons (Fsp3) is 0.188. The molecule has 0 bridgehead atoms. The quantitative estimate of drug-likeness (QED) is 0.638. The molecular formula is C16H16N4O3S. The summed E-state index contributed by atoms with van der Waals surface area (Å²) in [5.41, 5.74) is 1.15. The van der Waals surface area contributed by atoms with Crippen LogP contribution in [0, 0.1) is 6.92 Å². The number of hydrogen-bond acceptors (Lipinski definition) is 6. The highest BCUT2D eigenvalue weighted by molar-refractivity contribution is 7.90. The summed E-state index contributed by atoms with van der Waals surface area (Å²) in [6.45, 7) is 5.64. The molecule has 2 aromatic heterocycles. The molecule has 0 unspecified atom stereocenters. The molecular weight excluding hydrogens is 328 g/mol. The predicted octanol–water partition coefficient (Wildman–Crippen LogP) is 2.40. The van der Waals surface area contributed by atoms with Crippen molar-refractivity contribution in [1.29, 1.82) is 0 Å². The molecule has 124 valence electrons. The van der Waals surface area contributed by atoms with Gasteiger partial charge in [0.25, 0.3) is 0 Å². The summed E-state index contributed by atoms with van der Waals surface area (Å²) in [4.78, 5) is 0. The minimum atomic E-state index is -3.70. The summed E-state index contributed by atoms with van der Waals surface area (Å²) in [7, 11) is -3.70. The molecule has 0 radical (unpaired) electrons. The highest BCUT2D eigenvalue weighted by Gasteiger charge is 2.25. The molecule has 0 aliphatic heterocycles.